The number of aryl methyl sites for hydroxylation is 1. The molecule has 158 valence electrons. The zero-order valence-corrected chi connectivity index (χ0v) is 16.4. The molecule has 2 aliphatic rings. The molecule has 0 atom stereocenters. The lowest BCUT2D eigenvalue weighted by molar-refractivity contribution is -0.140. The third-order valence-corrected chi connectivity index (χ3v) is 6.12. The maximum absolute atomic E-state index is 13.2. The number of alkyl halides is 3. The number of aromatic nitrogens is 5. The van der Waals surface area contributed by atoms with Crippen molar-refractivity contribution in [2.45, 2.75) is 38.0 Å². The lowest BCUT2D eigenvalue weighted by atomic mass is 9.62. The fourth-order valence-corrected chi connectivity index (χ4v) is 4.67. The Morgan fingerprint density at radius 2 is 2.03 bits per heavy atom. The second kappa shape index (κ2) is 6.82. The normalized spacial score (nSPS) is 24.3. The van der Waals surface area contributed by atoms with E-state index in [9.17, 15) is 13.2 Å². The Bertz CT molecular complexity index is 1080. The molecule has 1 aliphatic carbocycles. The Morgan fingerprint density at radius 3 is 2.83 bits per heavy atom. The molecule has 0 bridgehead atoms. The SMILES string of the molecule is Cn1ncc2ncc(N3CCCC4(CC(Oc5cnccc5C(F)(F)F)C4)C3)nc21. The van der Waals surface area contributed by atoms with E-state index in [2.05, 4.69) is 20.0 Å². The molecular weight excluding hydrogens is 397 g/mol. The van der Waals surface area contributed by atoms with Crippen LogP contribution in [0.5, 0.6) is 5.75 Å². The highest BCUT2D eigenvalue weighted by Crippen LogP contribution is 2.50. The minimum absolute atomic E-state index is 0.0343. The van der Waals surface area contributed by atoms with Crippen LogP contribution in [-0.4, -0.2) is 43.9 Å². The fourth-order valence-electron chi connectivity index (χ4n) is 4.67. The molecule has 30 heavy (non-hydrogen) atoms. The fraction of sp³-hybridized carbons (Fsp3) is 0.500. The summed E-state index contributed by atoms with van der Waals surface area (Å²) in [5, 5.41) is 4.18. The molecule has 5 rings (SSSR count). The average molecular weight is 418 g/mol. The summed E-state index contributed by atoms with van der Waals surface area (Å²) in [6, 6.07) is 0.958. The molecule has 0 N–H and O–H groups in total. The van der Waals surface area contributed by atoms with Crippen molar-refractivity contribution in [3.05, 3.63) is 36.4 Å². The van der Waals surface area contributed by atoms with Crippen molar-refractivity contribution in [3.63, 3.8) is 0 Å². The van der Waals surface area contributed by atoms with Gasteiger partial charge in [0.1, 0.15) is 28.8 Å². The van der Waals surface area contributed by atoms with Gasteiger partial charge >= 0.3 is 6.18 Å². The van der Waals surface area contributed by atoms with E-state index in [0.29, 0.717) is 0 Å². The second-order valence-electron chi connectivity index (χ2n) is 8.25. The average Bonchev–Trinajstić information content (AvgIpc) is 3.07. The number of pyridine rings is 1. The van der Waals surface area contributed by atoms with Gasteiger partial charge in [-0.2, -0.15) is 18.3 Å². The highest BCUT2D eigenvalue weighted by molar-refractivity contribution is 5.71. The third-order valence-electron chi connectivity index (χ3n) is 6.12. The van der Waals surface area contributed by atoms with E-state index in [-0.39, 0.29) is 17.3 Å². The van der Waals surface area contributed by atoms with Crippen LogP contribution in [0.3, 0.4) is 0 Å². The van der Waals surface area contributed by atoms with Crippen LogP contribution in [-0.2, 0) is 13.2 Å². The van der Waals surface area contributed by atoms with Crippen LogP contribution < -0.4 is 9.64 Å². The van der Waals surface area contributed by atoms with Crippen LogP contribution >= 0.6 is 0 Å². The Balaban J connectivity index is 1.28. The van der Waals surface area contributed by atoms with Gasteiger partial charge in [-0.05, 0) is 37.2 Å². The standard InChI is InChI=1S/C20H21F3N6O/c1-28-18-15(9-26-28)25-11-17(27-18)29-6-2-4-19(12-29)7-13(8-19)30-16-10-24-5-3-14(16)20(21,22)23/h3,5,9-11,13H,2,4,6-8,12H2,1H3. The van der Waals surface area contributed by atoms with Gasteiger partial charge in [-0.1, -0.05) is 0 Å². The van der Waals surface area contributed by atoms with Crippen molar-refractivity contribution in [3.8, 4) is 5.75 Å². The maximum Gasteiger partial charge on any atom is 0.420 e. The number of rotatable bonds is 3. The number of nitrogens with zero attached hydrogens (tertiary/aromatic N) is 6. The van der Waals surface area contributed by atoms with E-state index in [1.54, 1.807) is 17.1 Å². The summed E-state index contributed by atoms with van der Waals surface area (Å²) in [5.41, 5.74) is 0.746. The summed E-state index contributed by atoms with van der Waals surface area (Å²) in [4.78, 5) is 15.2. The van der Waals surface area contributed by atoms with Gasteiger partial charge in [0.2, 0.25) is 0 Å². The van der Waals surface area contributed by atoms with Crippen LogP contribution in [0.1, 0.15) is 31.2 Å². The Kier molecular flexibility index (Phi) is 4.33. The van der Waals surface area contributed by atoms with E-state index in [1.165, 1.54) is 0 Å². The van der Waals surface area contributed by atoms with Gasteiger partial charge in [0.15, 0.2) is 5.65 Å². The van der Waals surface area contributed by atoms with Crippen molar-refractivity contribution < 1.29 is 17.9 Å². The molecule has 4 heterocycles. The molecule has 0 aromatic carbocycles. The molecule has 3 aromatic rings. The number of hydrogen-bond donors (Lipinski definition) is 0. The van der Waals surface area contributed by atoms with Gasteiger partial charge < -0.3 is 9.64 Å². The summed E-state index contributed by atoms with van der Waals surface area (Å²) in [7, 11) is 1.83. The zero-order valence-electron chi connectivity index (χ0n) is 16.4. The molecule has 0 radical (unpaired) electrons. The summed E-state index contributed by atoms with van der Waals surface area (Å²) in [5.74, 6) is 0.617. The van der Waals surface area contributed by atoms with Crippen LogP contribution in [0.2, 0.25) is 0 Å². The molecule has 1 spiro atoms. The lowest BCUT2D eigenvalue weighted by Crippen LogP contribution is -2.54. The van der Waals surface area contributed by atoms with Gasteiger partial charge in [-0.25, -0.2) is 14.6 Å². The van der Waals surface area contributed by atoms with Crippen LogP contribution in [0.4, 0.5) is 19.0 Å². The maximum atomic E-state index is 13.2. The van der Waals surface area contributed by atoms with Crippen LogP contribution in [0, 0.1) is 5.41 Å². The van der Waals surface area contributed by atoms with E-state index in [1.807, 2.05) is 7.05 Å². The Morgan fingerprint density at radius 1 is 1.20 bits per heavy atom. The van der Waals surface area contributed by atoms with Gasteiger partial charge in [-0.3, -0.25) is 4.98 Å². The first-order valence-corrected chi connectivity index (χ1v) is 9.91. The first-order chi connectivity index (χ1) is 14.3. The van der Waals surface area contributed by atoms with Gasteiger partial charge in [-0.15, -0.1) is 0 Å². The number of halogens is 3. The van der Waals surface area contributed by atoms with E-state index in [0.717, 1.165) is 74.2 Å². The second-order valence-corrected chi connectivity index (χ2v) is 8.25. The van der Waals surface area contributed by atoms with E-state index < -0.39 is 11.7 Å². The quantitative estimate of drug-likeness (QED) is 0.647. The summed E-state index contributed by atoms with van der Waals surface area (Å²) < 4.78 is 47.0. The first kappa shape index (κ1) is 19.1. The molecule has 10 heteroatoms. The summed E-state index contributed by atoms with van der Waals surface area (Å²) in [6.07, 6.45) is 4.52. The van der Waals surface area contributed by atoms with E-state index in [4.69, 9.17) is 9.72 Å². The van der Waals surface area contributed by atoms with Crippen LogP contribution in [0.15, 0.2) is 30.9 Å². The Hall–Kier alpha value is -2.91. The first-order valence-electron chi connectivity index (χ1n) is 9.91. The monoisotopic (exact) mass is 418 g/mol. The third kappa shape index (κ3) is 3.33. The molecule has 1 aliphatic heterocycles. The van der Waals surface area contributed by atoms with Crippen molar-refractivity contribution in [1.29, 1.82) is 0 Å². The molecule has 1 saturated carbocycles. The molecule has 2 fully saturated rings. The number of ether oxygens (including phenoxy) is 1. The topological polar surface area (TPSA) is 69.0 Å². The number of piperidine rings is 1. The predicted molar refractivity (Wildman–Crippen MR) is 103 cm³/mol. The highest BCUT2D eigenvalue weighted by atomic mass is 19.4. The van der Waals surface area contributed by atoms with E-state index >= 15 is 0 Å². The zero-order chi connectivity index (χ0) is 20.9. The molecule has 0 amide bonds. The number of fused-ring (bicyclic) bond motifs is 1. The molecule has 0 unspecified atom stereocenters. The van der Waals surface area contributed by atoms with Crippen molar-refractivity contribution >= 4 is 17.0 Å². The van der Waals surface area contributed by atoms with Gasteiger partial charge in [0.05, 0.1) is 18.6 Å². The Labute approximate surface area is 170 Å². The van der Waals surface area contributed by atoms with Crippen molar-refractivity contribution in [2.24, 2.45) is 12.5 Å². The molecule has 3 aromatic heterocycles. The van der Waals surface area contributed by atoms with Crippen molar-refractivity contribution in [2.75, 3.05) is 18.0 Å². The summed E-state index contributed by atoms with van der Waals surface area (Å²) >= 11 is 0. The van der Waals surface area contributed by atoms with Crippen LogP contribution in [0.25, 0.3) is 11.2 Å². The molecular formula is C20H21F3N6O. The largest absolute Gasteiger partial charge is 0.488 e. The van der Waals surface area contributed by atoms with Gasteiger partial charge in [0.25, 0.3) is 0 Å². The smallest absolute Gasteiger partial charge is 0.420 e. The van der Waals surface area contributed by atoms with Gasteiger partial charge in [0, 0.05) is 26.3 Å². The number of anilines is 1. The highest BCUT2D eigenvalue weighted by Gasteiger charge is 2.48. The predicted octanol–water partition coefficient (Wildman–Crippen LogP) is 3.61. The minimum Gasteiger partial charge on any atom is -0.488 e. The number of hydrogen-bond acceptors (Lipinski definition) is 6. The van der Waals surface area contributed by atoms with Crippen molar-refractivity contribution in [1.82, 2.24) is 24.7 Å². The molecule has 7 nitrogen and oxygen atoms in total. The molecule has 1 saturated heterocycles. The summed E-state index contributed by atoms with van der Waals surface area (Å²) in [6.45, 7) is 1.68. The minimum atomic E-state index is -4.45. The lowest BCUT2D eigenvalue weighted by Gasteiger charge is -2.52.